The van der Waals surface area contributed by atoms with Gasteiger partial charge in [0.1, 0.15) is 0 Å². The molecule has 4 rings (SSSR count). The van der Waals surface area contributed by atoms with E-state index in [1.165, 1.54) is 5.57 Å². The fraction of sp³-hybridized carbons (Fsp3) is 0.375. The number of rotatable bonds is 2. The second-order valence-electron chi connectivity index (χ2n) is 5.74. The molecule has 22 heavy (non-hydrogen) atoms. The van der Waals surface area contributed by atoms with E-state index in [-0.39, 0.29) is 0 Å². The Bertz CT molecular complexity index is 742. The number of ether oxygens (including phenoxy) is 1. The van der Waals surface area contributed by atoms with E-state index in [1.54, 1.807) is 4.52 Å². The molecule has 4 heterocycles. The Hall–Kier alpha value is -2.34. The van der Waals surface area contributed by atoms with Crippen LogP contribution < -0.4 is 5.73 Å². The van der Waals surface area contributed by atoms with E-state index < -0.39 is 0 Å². The number of nitrogens with zero attached hydrogens (tertiary/aromatic N) is 4. The Balaban J connectivity index is 1.58. The van der Waals surface area contributed by atoms with E-state index in [9.17, 15) is 0 Å². The number of anilines is 1. The van der Waals surface area contributed by atoms with Gasteiger partial charge in [-0.1, -0.05) is 6.08 Å². The molecule has 1 fully saturated rings. The Kier molecular flexibility index (Phi) is 3.31. The van der Waals surface area contributed by atoms with Crippen molar-refractivity contribution in [3.05, 3.63) is 42.2 Å². The lowest BCUT2D eigenvalue weighted by Crippen LogP contribution is -2.37. The van der Waals surface area contributed by atoms with E-state index in [2.05, 4.69) is 39.4 Å². The van der Waals surface area contributed by atoms with Crippen molar-refractivity contribution in [2.45, 2.75) is 18.9 Å². The molecule has 0 aliphatic carbocycles. The Morgan fingerprint density at radius 1 is 1.23 bits per heavy atom. The van der Waals surface area contributed by atoms with Gasteiger partial charge in [-0.05, 0) is 48.4 Å². The third-order valence-corrected chi connectivity index (χ3v) is 4.31. The molecule has 114 valence electrons. The summed E-state index contributed by atoms with van der Waals surface area (Å²) in [6.07, 6.45) is 10.6. The van der Waals surface area contributed by atoms with Crippen LogP contribution in [0.2, 0.25) is 0 Å². The highest BCUT2D eigenvalue weighted by molar-refractivity contribution is 5.70. The number of fused-ring (bicyclic) bond motifs is 1. The maximum atomic E-state index is 5.65. The van der Waals surface area contributed by atoms with Gasteiger partial charge < -0.3 is 15.4 Å². The van der Waals surface area contributed by atoms with E-state index in [4.69, 9.17) is 10.5 Å². The van der Waals surface area contributed by atoms with E-state index in [0.717, 1.165) is 43.8 Å². The Labute approximate surface area is 128 Å². The van der Waals surface area contributed by atoms with Gasteiger partial charge in [0.05, 0.1) is 0 Å². The van der Waals surface area contributed by atoms with Crippen molar-refractivity contribution in [2.24, 2.45) is 0 Å². The molecular weight excluding hydrogens is 278 g/mol. The summed E-state index contributed by atoms with van der Waals surface area (Å²) in [5, 5.41) is 4.19. The second kappa shape index (κ2) is 5.46. The zero-order valence-electron chi connectivity index (χ0n) is 12.4. The van der Waals surface area contributed by atoms with Gasteiger partial charge in [-0.3, -0.25) is 0 Å². The number of hydrogen-bond acceptors (Lipinski definition) is 5. The maximum absolute atomic E-state index is 5.65. The quantitative estimate of drug-likeness (QED) is 0.914. The highest BCUT2D eigenvalue weighted by atomic mass is 16.5. The lowest BCUT2D eigenvalue weighted by molar-refractivity contribution is 0.0526. The second-order valence-corrected chi connectivity index (χ2v) is 5.74. The number of pyridine rings is 1. The summed E-state index contributed by atoms with van der Waals surface area (Å²) in [7, 11) is 0. The van der Waals surface area contributed by atoms with Crippen molar-refractivity contribution < 1.29 is 4.74 Å². The molecule has 2 aliphatic heterocycles. The molecule has 0 saturated carbocycles. The number of nitrogen functional groups attached to an aromatic ring is 1. The summed E-state index contributed by atoms with van der Waals surface area (Å²) in [4.78, 5) is 6.57. The summed E-state index contributed by atoms with van der Waals surface area (Å²) < 4.78 is 7.20. The molecule has 0 radical (unpaired) electrons. The highest BCUT2D eigenvalue weighted by Gasteiger charge is 2.21. The van der Waals surface area contributed by atoms with Gasteiger partial charge in [0.15, 0.2) is 5.65 Å². The summed E-state index contributed by atoms with van der Waals surface area (Å²) in [6, 6.07) is 4.60. The third-order valence-electron chi connectivity index (χ3n) is 4.31. The molecule has 0 atom stereocenters. The standard InChI is InChI=1S/C16H19N5O/c17-16-18-15-4-3-13(11-21(15)19-16)12-2-1-7-20(10-12)14-5-8-22-9-6-14/h1-4,7,11,14H,5-6,8-10H2,(H2,17,19). The molecule has 2 aliphatic rings. The molecule has 0 aromatic carbocycles. The van der Waals surface area contributed by atoms with Crippen molar-refractivity contribution >= 4 is 17.2 Å². The molecule has 2 aromatic heterocycles. The summed E-state index contributed by atoms with van der Waals surface area (Å²) in [6.45, 7) is 2.63. The van der Waals surface area contributed by atoms with Gasteiger partial charge in [0.25, 0.3) is 0 Å². The van der Waals surface area contributed by atoms with Crippen molar-refractivity contribution in [3.63, 3.8) is 0 Å². The van der Waals surface area contributed by atoms with Crippen LogP contribution in [-0.2, 0) is 4.74 Å². The first-order valence-electron chi connectivity index (χ1n) is 7.63. The predicted molar refractivity (Wildman–Crippen MR) is 85.1 cm³/mol. The molecule has 6 heteroatoms. The third kappa shape index (κ3) is 2.46. The number of allylic oxidation sites excluding steroid dienone is 2. The minimum absolute atomic E-state index is 0.304. The smallest absolute Gasteiger partial charge is 0.240 e. The summed E-state index contributed by atoms with van der Waals surface area (Å²) in [5.41, 5.74) is 8.86. The van der Waals surface area contributed by atoms with Crippen LogP contribution in [0.3, 0.4) is 0 Å². The Morgan fingerprint density at radius 2 is 2.09 bits per heavy atom. The fourth-order valence-electron chi connectivity index (χ4n) is 3.12. The van der Waals surface area contributed by atoms with E-state index in [1.807, 2.05) is 12.3 Å². The topological polar surface area (TPSA) is 68.7 Å². The van der Waals surface area contributed by atoms with Crippen LogP contribution in [0.4, 0.5) is 5.95 Å². The number of hydrogen-bond donors (Lipinski definition) is 1. The molecular formula is C16H19N5O. The fourth-order valence-corrected chi connectivity index (χ4v) is 3.12. The predicted octanol–water partition coefficient (Wildman–Crippen LogP) is 1.70. The van der Waals surface area contributed by atoms with Gasteiger partial charge in [0.2, 0.25) is 5.95 Å². The first-order valence-corrected chi connectivity index (χ1v) is 7.63. The van der Waals surface area contributed by atoms with E-state index in [0.29, 0.717) is 12.0 Å². The van der Waals surface area contributed by atoms with Crippen LogP contribution in [0, 0.1) is 0 Å². The minimum Gasteiger partial charge on any atom is -0.381 e. The van der Waals surface area contributed by atoms with Crippen molar-refractivity contribution in [3.8, 4) is 0 Å². The molecule has 2 aromatic rings. The van der Waals surface area contributed by atoms with Crippen LogP contribution in [0.5, 0.6) is 0 Å². The van der Waals surface area contributed by atoms with Gasteiger partial charge in [-0.2, -0.15) is 4.98 Å². The van der Waals surface area contributed by atoms with E-state index >= 15 is 0 Å². The van der Waals surface area contributed by atoms with Crippen LogP contribution in [0.15, 0.2) is 36.7 Å². The molecule has 0 unspecified atom stereocenters. The largest absolute Gasteiger partial charge is 0.381 e. The maximum Gasteiger partial charge on any atom is 0.240 e. The zero-order valence-corrected chi connectivity index (χ0v) is 12.4. The summed E-state index contributed by atoms with van der Waals surface area (Å²) >= 11 is 0. The van der Waals surface area contributed by atoms with Crippen molar-refractivity contribution in [1.82, 2.24) is 19.5 Å². The normalized spacial score (nSPS) is 19.6. The lowest BCUT2D eigenvalue weighted by Gasteiger charge is -2.35. The zero-order chi connectivity index (χ0) is 14.9. The molecule has 1 saturated heterocycles. The molecule has 0 spiro atoms. The summed E-state index contributed by atoms with van der Waals surface area (Å²) in [5.74, 6) is 0.304. The van der Waals surface area contributed by atoms with Crippen LogP contribution in [0.25, 0.3) is 11.2 Å². The molecule has 2 N–H and O–H groups in total. The SMILES string of the molecule is Nc1nc2ccc(C3=CC=CN(C4CCOCC4)C3)cn2n1. The molecule has 0 amide bonds. The number of nitrogens with two attached hydrogens (primary N) is 1. The molecule has 0 bridgehead atoms. The molecule has 6 nitrogen and oxygen atoms in total. The first-order chi connectivity index (χ1) is 10.8. The van der Waals surface area contributed by atoms with Crippen LogP contribution in [-0.4, -0.2) is 45.3 Å². The van der Waals surface area contributed by atoms with Crippen molar-refractivity contribution in [2.75, 3.05) is 25.5 Å². The monoisotopic (exact) mass is 297 g/mol. The minimum atomic E-state index is 0.304. The van der Waals surface area contributed by atoms with Gasteiger partial charge in [0, 0.05) is 32.0 Å². The first kappa shape index (κ1) is 13.3. The van der Waals surface area contributed by atoms with Crippen molar-refractivity contribution in [1.29, 1.82) is 0 Å². The average molecular weight is 297 g/mol. The average Bonchev–Trinajstić information content (AvgIpc) is 2.95. The lowest BCUT2D eigenvalue weighted by atomic mass is 10.0. The van der Waals surface area contributed by atoms with Gasteiger partial charge in [-0.15, -0.1) is 5.10 Å². The van der Waals surface area contributed by atoms with Gasteiger partial charge in [-0.25, -0.2) is 4.52 Å². The van der Waals surface area contributed by atoms with Crippen LogP contribution in [0.1, 0.15) is 18.4 Å². The van der Waals surface area contributed by atoms with Crippen LogP contribution >= 0.6 is 0 Å². The highest BCUT2D eigenvalue weighted by Crippen LogP contribution is 2.24. The number of aromatic nitrogens is 3. The Morgan fingerprint density at radius 3 is 2.95 bits per heavy atom. The van der Waals surface area contributed by atoms with Gasteiger partial charge >= 0.3 is 0 Å².